The Morgan fingerprint density at radius 1 is 1.00 bits per heavy atom. The van der Waals surface area contributed by atoms with Gasteiger partial charge in [0.25, 0.3) is 0 Å². The van der Waals surface area contributed by atoms with E-state index in [2.05, 4.69) is 42.7 Å². The Bertz CT molecular complexity index is 804. The van der Waals surface area contributed by atoms with Crippen LogP contribution in [0.4, 0.5) is 10.5 Å². The Balaban J connectivity index is 2.02. The average molecular weight is 386 g/mol. The second-order valence-corrected chi connectivity index (χ2v) is 8.20. The van der Waals surface area contributed by atoms with Gasteiger partial charge in [-0.1, -0.05) is 31.7 Å². The molecule has 0 heterocycles. The van der Waals surface area contributed by atoms with Gasteiger partial charge in [-0.25, -0.2) is 4.79 Å². The number of urea groups is 1. The molecule has 0 spiro atoms. The molecule has 0 aromatic heterocycles. The number of hydrogen-bond donors (Lipinski definition) is 3. The van der Waals surface area contributed by atoms with E-state index in [-0.39, 0.29) is 11.8 Å². The van der Waals surface area contributed by atoms with Crippen LogP contribution in [0, 0.1) is 19.8 Å². The van der Waals surface area contributed by atoms with Gasteiger partial charge in [0.1, 0.15) is 6.04 Å². The summed E-state index contributed by atoms with van der Waals surface area (Å²) in [4.78, 5) is 25.8. The van der Waals surface area contributed by atoms with Gasteiger partial charge in [0.2, 0.25) is 5.91 Å². The number of anilines is 1. The normalized spacial score (nSPS) is 11.9. The molecule has 0 aliphatic rings. The van der Waals surface area contributed by atoms with Gasteiger partial charge in [-0.15, -0.1) is 0 Å². The summed E-state index contributed by atoms with van der Waals surface area (Å²) in [7, 11) is 0. The molecular weight excluding hydrogens is 358 g/mol. The van der Waals surface area contributed by atoms with Crippen molar-refractivity contribution >= 4 is 29.4 Å². The van der Waals surface area contributed by atoms with Crippen molar-refractivity contribution in [2.24, 2.45) is 11.7 Å². The minimum Gasteiger partial charge on any atom is -0.352 e. The summed E-state index contributed by atoms with van der Waals surface area (Å²) >= 11 is 1.67. The SMILES string of the molecule is Cc1ccc(Sc2ccc(NC(=O)[C@@H](CC(C)C)NC(N)=O)cc2)cc1C. The van der Waals surface area contributed by atoms with Gasteiger partial charge in [-0.2, -0.15) is 0 Å². The molecule has 6 heteroatoms. The lowest BCUT2D eigenvalue weighted by atomic mass is 10.0. The molecule has 144 valence electrons. The van der Waals surface area contributed by atoms with E-state index in [1.165, 1.54) is 16.0 Å². The summed E-state index contributed by atoms with van der Waals surface area (Å²) in [5, 5.41) is 5.35. The molecule has 5 nitrogen and oxygen atoms in total. The first-order valence-corrected chi connectivity index (χ1v) is 9.78. The summed E-state index contributed by atoms with van der Waals surface area (Å²) in [5.74, 6) is -0.0126. The van der Waals surface area contributed by atoms with Gasteiger partial charge in [0.05, 0.1) is 0 Å². The van der Waals surface area contributed by atoms with E-state index in [0.29, 0.717) is 12.1 Å². The van der Waals surface area contributed by atoms with Crippen LogP contribution in [0.2, 0.25) is 0 Å². The Labute approximate surface area is 165 Å². The van der Waals surface area contributed by atoms with Gasteiger partial charge in [0.15, 0.2) is 0 Å². The maximum absolute atomic E-state index is 12.4. The van der Waals surface area contributed by atoms with Gasteiger partial charge < -0.3 is 16.4 Å². The highest BCUT2D eigenvalue weighted by atomic mass is 32.2. The third-order valence-corrected chi connectivity index (χ3v) is 5.17. The molecule has 2 aromatic carbocycles. The molecule has 2 rings (SSSR count). The monoisotopic (exact) mass is 385 g/mol. The maximum atomic E-state index is 12.4. The van der Waals surface area contributed by atoms with E-state index in [1.54, 1.807) is 11.8 Å². The largest absolute Gasteiger partial charge is 0.352 e. The lowest BCUT2D eigenvalue weighted by Gasteiger charge is -2.19. The highest BCUT2D eigenvalue weighted by Gasteiger charge is 2.21. The van der Waals surface area contributed by atoms with Crippen molar-refractivity contribution in [2.45, 2.75) is 49.9 Å². The third-order valence-electron chi connectivity index (χ3n) is 4.18. The lowest BCUT2D eigenvalue weighted by Crippen LogP contribution is -2.46. The number of nitrogens with one attached hydrogen (secondary N) is 2. The number of carbonyl (C=O) groups is 2. The minimum atomic E-state index is -0.698. The zero-order valence-corrected chi connectivity index (χ0v) is 17.0. The van der Waals surface area contributed by atoms with Crippen molar-refractivity contribution in [1.29, 1.82) is 0 Å². The third kappa shape index (κ3) is 6.64. The average Bonchev–Trinajstić information content (AvgIpc) is 2.58. The summed E-state index contributed by atoms with van der Waals surface area (Å²) in [5.41, 5.74) is 8.41. The summed E-state index contributed by atoms with van der Waals surface area (Å²) in [6.45, 7) is 8.18. The molecule has 27 heavy (non-hydrogen) atoms. The number of benzene rings is 2. The van der Waals surface area contributed by atoms with Gasteiger partial charge in [-0.3, -0.25) is 4.79 Å². The van der Waals surface area contributed by atoms with Crippen molar-refractivity contribution in [3.05, 3.63) is 53.6 Å². The van der Waals surface area contributed by atoms with Crippen LogP contribution in [0.3, 0.4) is 0 Å². The van der Waals surface area contributed by atoms with Crippen LogP contribution in [-0.4, -0.2) is 18.0 Å². The Hall–Kier alpha value is -2.47. The van der Waals surface area contributed by atoms with Crippen LogP contribution in [0.15, 0.2) is 52.3 Å². The number of nitrogens with two attached hydrogens (primary N) is 1. The number of amides is 3. The molecular formula is C21H27N3O2S. The van der Waals surface area contributed by atoms with Gasteiger partial charge in [0, 0.05) is 15.5 Å². The van der Waals surface area contributed by atoms with Crippen molar-refractivity contribution in [2.75, 3.05) is 5.32 Å². The second kappa shape index (κ2) is 9.46. The molecule has 0 fully saturated rings. The molecule has 0 unspecified atom stereocenters. The predicted molar refractivity (Wildman–Crippen MR) is 111 cm³/mol. The molecule has 0 saturated carbocycles. The van der Waals surface area contributed by atoms with Crippen LogP contribution in [-0.2, 0) is 4.79 Å². The zero-order valence-electron chi connectivity index (χ0n) is 16.2. The zero-order chi connectivity index (χ0) is 20.0. The van der Waals surface area contributed by atoms with Crippen LogP contribution in [0.1, 0.15) is 31.4 Å². The number of rotatable bonds is 7. The summed E-state index contributed by atoms with van der Waals surface area (Å²) in [6.07, 6.45) is 0.523. The van der Waals surface area contributed by atoms with E-state index in [4.69, 9.17) is 5.73 Å². The Morgan fingerprint density at radius 2 is 1.63 bits per heavy atom. The fourth-order valence-electron chi connectivity index (χ4n) is 2.62. The van der Waals surface area contributed by atoms with Crippen LogP contribution >= 0.6 is 11.8 Å². The second-order valence-electron chi connectivity index (χ2n) is 7.05. The number of aryl methyl sites for hydroxylation is 2. The summed E-state index contributed by atoms with van der Waals surface area (Å²) in [6, 6.07) is 12.7. The first kappa shape index (κ1) is 20.8. The van der Waals surface area contributed by atoms with E-state index < -0.39 is 12.1 Å². The fraction of sp³-hybridized carbons (Fsp3) is 0.333. The topological polar surface area (TPSA) is 84.2 Å². The standard InChI is InChI=1S/C21H27N3O2S/c1-13(2)11-19(24-21(22)26)20(25)23-16-6-9-17(10-7-16)27-18-8-5-14(3)15(4)12-18/h5-10,12-13,19H,11H2,1-4H3,(H,23,25)(H3,22,24,26)/t19-/m1/s1. The first-order valence-electron chi connectivity index (χ1n) is 8.96. The molecule has 0 aliphatic carbocycles. The highest BCUT2D eigenvalue weighted by molar-refractivity contribution is 7.99. The van der Waals surface area contributed by atoms with Crippen molar-refractivity contribution in [3.8, 4) is 0 Å². The molecule has 0 aliphatic heterocycles. The van der Waals surface area contributed by atoms with Gasteiger partial charge in [-0.05, 0) is 73.7 Å². The Morgan fingerprint density at radius 3 is 2.19 bits per heavy atom. The molecule has 1 atom stereocenters. The molecule has 0 saturated heterocycles. The number of hydrogen-bond acceptors (Lipinski definition) is 3. The molecule has 0 radical (unpaired) electrons. The maximum Gasteiger partial charge on any atom is 0.312 e. The molecule has 4 N–H and O–H groups in total. The first-order chi connectivity index (χ1) is 12.7. The number of primary amides is 1. The fourth-order valence-corrected chi connectivity index (χ4v) is 3.54. The smallest absolute Gasteiger partial charge is 0.312 e. The van der Waals surface area contributed by atoms with Crippen LogP contribution in [0.25, 0.3) is 0 Å². The molecule has 0 bridgehead atoms. The van der Waals surface area contributed by atoms with E-state index in [0.717, 1.165) is 4.90 Å². The van der Waals surface area contributed by atoms with Crippen molar-refractivity contribution in [1.82, 2.24) is 5.32 Å². The van der Waals surface area contributed by atoms with Crippen LogP contribution in [0.5, 0.6) is 0 Å². The van der Waals surface area contributed by atoms with E-state index >= 15 is 0 Å². The minimum absolute atomic E-state index is 0.254. The van der Waals surface area contributed by atoms with Crippen molar-refractivity contribution < 1.29 is 9.59 Å². The Kier molecular flexibility index (Phi) is 7.30. The quantitative estimate of drug-likeness (QED) is 0.657. The molecule has 2 aromatic rings. The van der Waals surface area contributed by atoms with E-state index in [1.807, 2.05) is 38.1 Å². The highest BCUT2D eigenvalue weighted by Crippen LogP contribution is 2.29. The van der Waals surface area contributed by atoms with Crippen molar-refractivity contribution in [3.63, 3.8) is 0 Å². The van der Waals surface area contributed by atoms with Gasteiger partial charge >= 0.3 is 6.03 Å². The van der Waals surface area contributed by atoms with E-state index in [9.17, 15) is 9.59 Å². The number of carbonyl (C=O) groups excluding carboxylic acids is 2. The lowest BCUT2D eigenvalue weighted by molar-refractivity contribution is -0.118. The molecule has 3 amide bonds. The van der Waals surface area contributed by atoms with Crippen LogP contribution < -0.4 is 16.4 Å². The predicted octanol–water partition coefficient (Wildman–Crippen LogP) is 4.48. The summed E-state index contributed by atoms with van der Waals surface area (Å²) < 4.78 is 0.